The molecule has 0 saturated carbocycles. The van der Waals surface area contributed by atoms with Gasteiger partial charge in [-0.05, 0) is 46.2 Å². The first-order chi connectivity index (χ1) is 9.19. The van der Waals surface area contributed by atoms with Crippen LogP contribution in [0.1, 0.15) is 26.7 Å². The van der Waals surface area contributed by atoms with Crippen molar-refractivity contribution in [3.05, 3.63) is 12.4 Å². The van der Waals surface area contributed by atoms with Gasteiger partial charge in [-0.3, -0.25) is 4.98 Å². The van der Waals surface area contributed by atoms with E-state index >= 15 is 0 Å². The predicted molar refractivity (Wildman–Crippen MR) is 76.7 cm³/mol. The smallest absolute Gasteiger partial charge is 0.234 e. The topological polar surface area (TPSA) is 50.3 Å². The molecule has 2 heterocycles. The summed E-state index contributed by atoms with van der Waals surface area (Å²) in [5.41, 5.74) is 0. The van der Waals surface area contributed by atoms with Gasteiger partial charge in [0.05, 0.1) is 18.5 Å². The molecule has 1 aromatic rings. The van der Waals surface area contributed by atoms with Crippen molar-refractivity contribution in [3.8, 4) is 5.88 Å². The Kier molecular flexibility index (Phi) is 4.96. The van der Waals surface area contributed by atoms with Gasteiger partial charge >= 0.3 is 0 Å². The van der Waals surface area contributed by atoms with E-state index in [2.05, 4.69) is 20.2 Å². The molecule has 1 fully saturated rings. The molecular weight excluding hydrogens is 240 g/mol. The van der Waals surface area contributed by atoms with E-state index < -0.39 is 0 Å². The van der Waals surface area contributed by atoms with Crippen molar-refractivity contribution in [1.82, 2.24) is 15.3 Å². The van der Waals surface area contributed by atoms with Gasteiger partial charge in [0.25, 0.3) is 0 Å². The molecule has 0 aromatic carbocycles. The molecule has 1 aliphatic heterocycles. The fourth-order valence-electron chi connectivity index (χ4n) is 2.44. The van der Waals surface area contributed by atoms with E-state index in [0.717, 1.165) is 31.4 Å². The molecule has 5 nitrogen and oxygen atoms in total. The monoisotopic (exact) mass is 264 g/mol. The fourth-order valence-corrected chi connectivity index (χ4v) is 2.44. The number of aromatic nitrogens is 2. The number of nitrogens with one attached hydrogen (secondary N) is 1. The second kappa shape index (κ2) is 6.70. The molecule has 106 valence electrons. The highest BCUT2D eigenvalue weighted by atomic mass is 16.5. The summed E-state index contributed by atoms with van der Waals surface area (Å²) in [6, 6.07) is 0. The average Bonchev–Trinajstić information content (AvgIpc) is 2.39. The summed E-state index contributed by atoms with van der Waals surface area (Å²) < 4.78 is 5.60. The summed E-state index contributed by atoms with van der Waals surface area (Å²) in [5.74, 6) is 2.33. The van der Waals surface area contributed by atoms with Gasteiger partial charge in [0.15, 0.2) is 5.82 Å². The van der Waals surface area contributed by atoms with E-state index in [9.17, 15) is 0 Å². The lowest BCUT2D eigenvalue weighted by Crippen LogP contribution is -2.37. The van der Waals surface area contributed by atoms with Crippen molar-refractivity contribution >= 4 is 5.82 Å². The summed E-state index contributed by atoms with van der Waals surface area (Å²) in [6.45, 7) is 7.20. The highest BCUT2D eigenvalue weighted by Gasteiger charge is 2.20. The molecule has 2 rings (SSSR count). The fraction of sp³-hybridized carbons (Fsp3) is 0.714. The van der Waals surface area contributed by atoms with E-state index in [1.165, 1.54) is 12.8 Å². The Morgan fingerprint density at radius 2 is 2.11 bits per heavy atom. The Balaban J connectivity index is 1.95. The summed E-state index contributed by atoms with van der Waals surface area (Å²) in [4.78, 5) is 11.1. The largest absolute Gasteiger partial charge is 0.474 e. The third kappa shape index (κ3) is 4.06. The Morgan fingerprint density at radius 1 is 1.37 bits per heavy atom. The van der Waals surface area contributed by atoms with Crippen LogP contribution in [0.25, 0.3) is 0 Å². The van der Waals surface area contributed by atoms with Crippen molar-refractivity contribution in [1.29, 1.82) is 0 Å². The number of ether oxygens (including phenoxy) is 1. The maximum atomic E-state index is 5.60. The van der Waals surface area contributed by atoms with Gasteiger partial charge in [0, 0.05) is 13.1 Å². The Labute approximate surface area is 115 Å². The zero-order chi connectivity index (χ0) is 13.7. The van der Waals surface area contributed by atoms with Crippen LogP contribution in [0.15, 0.2) is 12.4 Å². The molecule has 0 radical (unpaired) electrons. The molecule has 1 aromatic heterocycles. The van der Waals surface area contributed by atoms with Gasteiger partial charge in [-0.15, -0.1) is 0 Å². The summed E-state index contributed by atoms with van der Waals surface area (Å²) in [7, 11) is 2.02. The minimum atomic E-state index is 0.130. The molecule has 1 N–H and O–H groups in total. The third-order valence-corrected chi connectivity index (χ3v) is 3.39. The second-order valence-electron chi connectivity index (χ2n) is 5.37. The van der Waals surface area contributed by atoms with E-state index in [-0.39, 0.29) is 6.10 Å². The normalized spacial score (nSPS) is 16.9. The van der Waals surface area contributed by atoms with Crippen molar-refractivity contribution in [2.24, 2.45) is 5.92 Å². The first-order valence-corrected chi connectivity index (χ1v) is 7.07. The zero-order valence-electron chi connectivity index (χ0n) is 12.1. The quantitative estimate of drug-likeness (QED) is 0.877. The van der Waals surface area contributed by atoms with E-state index in [1.807, 2.05) is 27.1 Å². The highest BCUT2D eigenvalue weighted by molar-refractivity contribution is 5.38. The Hall–Kier alpha value is -1.36. The van der Waals surface area contributed by atoms with Gasteiger partial charge in [0.2, 0.25) is 5.88 Å². The lowest BCUT2D eigenvalue weighted by molar-refractivity contribution is 0.231. The number of piperidine rings is 1. The van der Waals surface area contributed by atoms with Crippen molar-refractivity contribution in [2.45, 2.75) is 32.8 Å². The molecule has 5 heteroatoms. The minimum Gasteiger partial charge on any atom is -0.474 e. The molecule has 19 heavy (non-hydrogen) atoms. The lowest BCUT2D eigenvalue weighted by Gasteiger charge is -2.32. The first-order valence-electron chi connectivity index (χ1n) is 7.07. The van der Waals surface area contributed by atoms with Gasteiger partial charge in [-0.25, -0.2) is 0 Å². The molecule has 0 amide bonds. The van der Waals surface area contributed by atoms with E-state index in [0.29, 0.717) is 5.88 Å². The molecule has 0 aliphatic carbocycles. The molecular formula is C14H24N4O. The molecule has 0 bridgehead atoms. The zero-order valence-corrected chi connectivity index (χ0v) is 12.1. The van der Waals surface area contributed by atoms with Crippen molar-refractivity contribution < 1.29 is 4.74 Å². The van der Waals surface area contributed by atoms with Crippen molar-refractivity contribution in [2.75, 3.05) is 31.6 Å². The number of anilines is 1. The maximum Gasteiger partial charge on any atom is 0.234 e. The summed E-state index contributed by atoms with van der Waals surface area (Å²) in [5, 5.41) is 3.26. The van der Waals surface area contributed by atoms with Crippen LogP contribution in [-0.2, 0) is 0 Å². The van der Waals surface area contributed by atoms with E-state index in [4.69, 9.17) is 4.74 Å². The van der Waals surface area contributed by atoms with Crippen LogP contribution in [0, 0.1) is 5.92 Å². The number of nitrogens with zero attached hydrogens (tertiary/aromatic N) is 3. The first kappa shape index (κ1) is 14.1. The van der Waals surface area contributed by atoms with Crippen LogP contribution in [0.4, 0.5) is 5.82 Å². The highest BCUT2D eigenvalue weighted by Crippen LogP contribution is 2.22. The predicted octanol–water partition coefficient (Wildman–Crippen LogP) is 1.70. The van der Waals surface area contributed by atoms with Crippen LogP contribution >= 0.6 is 0 Å². The molecule has 0 spiro atoms. The second-order valence-corrected chi connectivity index (χ2v) is 5.37. The van der Waals surface area contributed by atoms with Crippen molar-refractivity contribution in [3.63, 3.8) is 0 Å². The van der Waals surface area contributed by atoms with Gasteiger partial charge in [0.1, 0.15) is 0 Å². The molecule has 0 unspecified atom stereocenters. The van der Waals surface area contributed by atoms with Crippen LogP contribution < -0.4 is 15.0 Å². The van der Waals surface area contributed by atoms with Crippen LogP contribution in [0.5, 0.6) is 5.88 Å². The molecule has 0 atom stereocenters. The Bertz CT molecular complexity index is 389. The van der Waals surface area contributed by atoms with Gasteiger partial charge in [-0.2, -0.15) is 4.98 Å². The number of hydrogen-bond donors (Lipinski definition) is 1. The Morgan fingerprint density at radius 3 is 2.74 bits per heavy atom. The standard InChI is InChI=1S/C14H24N4O/c1-11(2)19-14-10-16-9-13(17-14)18-6-4-12(5-7-18)8-15-3/h9-12,15H,4-8H2,1-3H3. The molecule has 1 saturated heterocycles. The lowest BCUT2D eigenvalue weighted by atomic mass is 9.97. The van der Waals surface area contributed by atoms with Gasteiger partial charge in [-0.1, -0.05) is 0 Å². The van der Waals surface area contributed by atoms with Crippen LogP contribution in [-0.4, -0.2) is 42.8 Å². The van der Waals surface area contributed by atoms with E-state index in [1.54, 1.807) is 6.20 Å². The van der Waals surface area contributed by atoms with Crippen LogP contribution in [0.3, 0.4) is 0 Å². The number of hydrogen-bond acceptors (Lipinski definition) is 5. The summed E-state index contributed by atoms with van der Waals surface area (Å²) in [6.07, 6.45) is 6.05. The minimum absolute atomic E-state index is 0.130. The summed E-state index contributed by atoms with van der Waals surface area (Å²) >= 11 is 0. The third-order valence-electron chi connectivity index (χ3n) is 3.39. The van der Waals surface area contributed by atoms with Crippen LogP contribution in [0.2, 0.25) is 0 Å². The van der Waals surface area contributed by atoms with Gasteiger partial charge < -0.3 is 15.0 Å². The molecule has 1 aliphatic rings. The number of rotatable bonds is 5. The average molecular weight is 264 g/mol. The maximum absolute atomic E-state index is 5.60. The SMILES string of the molecule is CNCC1CCN(c2cncc(OC(C)C)n2)CC1.